The summed E-state index contributed by atoms with van der Waals surface area (Å²) < 4.78 is 32.5. The van der Waals surface area contributed by atoms with Crippen molar-refractivity contribution in [2.24, 2.45) is 0 Å². The monoisotopic (exact) mass is 401 g/mol. The van der Waals surface area contributed by atoms with Gasteiger partial charge in [0.15, 0.2) is 11.2 Å². The molecule has 0 bridgehead atoms. The molecule has 0 fully saturated rings. The number of aromatic nitrogens is 1. The van der Waals surface area contributed by atoms with Crippen LogP contribution >= 0.6 is 0 Å². The smallest absolute Gasteiger partial charge is 0.356 e. The van der Waals surface area contributed by atoms with E-state index in [-0.39, 0.29) is 32.9 Å². The standard InChI is InChI=1S/C18H15N3O6S/c1-11-6-8-12(9-7-11)28(25,26)20-14-10-15(18(22)27-2)19-17-13(14)4-3-5-16(17)21(23)24/h3-10H,1-2H3,(H,19,20). The third-order valence-corrected chi connectivity index (χ3v) is 5.37. The first kappa shape index (κ1) is 19.2. The van der Waals surface area contributed by atoms with Crippen molar-refractivity contribution in [2.45, 2.75) is 11.8 Å². The summed E-state index contributed by atoms with van der Waals surface area (Å²) >= 11 is 0. The zero-order valence-electron chi connectivity index (χ0n) is 14.9. The topological polar surface area (TPSA) is 128 Å². The number of non-ortho nitro benzene ring substituents is 1. The highest BCUT2D eigenvalue weighted by Gasteiger charge is 2.22. The predicted octanol–water partition coefficient (Wildman–Crippen LogP) is 3.04. The molecule has 0 aliphatic heterocycles. The number of hydrogen-bond donors (Lipinski definition) is 1. The van der Waals surface area contributed by atoms with Gasteiger partial charge in [0.25, 0.3) is 15.7 Å². The van der Waals surface area contributed by atoms with E-state index in [1.807, 2.05) is 6.92 Å². The summed E-state index contributed by atoms with van der Waals surface area (Å²) in [5, 5.41) is 11.5. The zero-order valence-corrected chi connectivity index (χ0v) is 15.7. The van der Waals surface area contributed by atoms with E-state index in [9.17, 15) is 23.3 Å². The molecular formula is C18H15N3O6S. The summed E-state index contributed by atoms with van der Waals surface area (Å²) in [5.74, 6) is -0.851. The molecular weight excluding hydrogens is 386 g/mol. The molecule has 0 radical (unpaired) electrons. The molecule has 10 heteroatoms. The first-order valence-electron chi connectivity index (χ1n) is 7.99. The highest BCUT2D eigenvalue weighted by molar-refractivity contribution is 7.92. The highest BCUT2D eigenvalue weighted by atomic mass is 32.2. The number of methoxy groups -OCH3 is 1. The fourth-order valence-corrected chi connectivity index (χ4v) is 3.67. The lowest BCUT2D eigenvalue weighted by atomic mass is 10.1. The van der Waals surface area contributed by atoms with E-state index in [1.165, 1.54) is 36.4 Å². The van der Waals surface area contributed by atoms with Crippen LogP contribution in [-0.2, 0) is 14.8 Å². The number of benzene rings is 2. The quantitative estimate of drug-likeness (QED) is 0.395. The van der Waals surface area contributed by atoms with Crippen molar-refractivity contribution in [3.8, 4) is 0 Å². The molecule has 144 valence electrons. The molecule has 2 aromatic carbocycles. The number of nitro benzene ring substituents is 1. The maximum absolute atomic E-state index is 12.7. The predicted molar refractivity (Wildman–Crippen MR) is 102 cm³/mol. The van der Waals surface area contributed by atoms with E-state index in [4.69, 9.17) is 0 Å². The second-order valence-electron chi connectivity index (χ2n) is 5.90. The van der Waals surface area contributed by atoms with Crippen LogP contribution in [0, 0.1) is 17.0 Å². The Bertz CT molecular complexity index is 1190. The number of carbonyl (C=O) groups excluding carboxylic acids is 1. The van der Waals surface area contributed by atoms with E-state index in [0.717, 1.165) is 12.7 Å². The summed E-state index contributed by atoms with van der Waals surface area (Å²) in [6.45, 7) is 1.82. The summed E-state index contributed by atoms with van der Waals surface area (Å²) in [5.41, 5.74) is 0.119. The second-order valence-corrected chi connectivity index (χ2v) is 7.58. The van der Waals surface area contributed by atoms with Gasteiger partial charge in [-0.05, 0) is 25.1 Å². The van der Waals surface area contributed by atoms with Gasteiger partial charge in [-0.25, -0.2) is 18.2 Å². The number of pyridine rings is 1. The molecule has 28 heavy (non-hydrogen) atoms. The maximum atomic E-state index is 12.7. The van der Waals surface area contributed by atoms with Gasteiger partial charge < -0.3 is 4.74 Å². The lowest BCUT2D eigenvalue weighted by Crippen LogP contribution is -2.15. The first-order valence-corrected chi connectivity index (χ1v) is 9.47. The van der Waals surface area contributed by atoms with Crippen molar-refractivity contribution in [1.29, 1.82) is 0 Å². The van der Waals surface area contributed by atoms with Gasteiger partial charge in [-0.1, -0.05) is 29.8 Å². The number of aryl methyl sites for hydroxylation is 1. The minimum atomic E-state index is -4.00. The number of nitro groups is 1. The number of hydrogen-bond acceptors (Lipinski definition) is 7. The van der Waals surface area contributed by atoms with Gasteiger partial charge in [-0.15, -0.1) is 0 Å². The average molecular weight is 401 g/mol. The number of esters is 1. The number of carbonyl (C=O) groups is 1. The molecule has 0 spiro atoms. The molecule has 3 aromatic rings. The summed E-state index contributed by atoms with van der Waals surface area (Å²) in [6, 6.07) is 11.4. The van der Waals surface area contributed by atoms with Crippen molar-refractivity contribution < 1.29 is 22.9 Å². The lowest BCUT2D eigenvalue weighted by molar-refractivity contribution is -0.383. The van der Waals surface area contributed by atoms with E-state index in [2.05, 4.69) is 14.4 Å². The van der Waals surface area contributed by atoms with Crippen molar-refractivity contribution in [1.82, 2.24) is 4.98 Å². The minimum Gasteiger partial charge on any atom is -0.464 e. The molecule has 0 aliphatic rings. The van der Waals surface area contributed by atoms with Crippen molar-refractivity contribution in [2.75, 3.05) is 11.8 Å². The zero-order chi connectivity index (χ0) is 20.5. The molecule has 0 amide bonds. The number of ether oxygens (including phenoxy) is 1. The van der Waals surface area contributed by atoms with Gasteiger partial charge in [-0.3, -0.25) is 14.8 Å². The van der Waals surface area contributed by atoms with Crippen molar-refractivity contribution in [3.63, 3.8) is 0 Å². The number of nitrogens with zero attached hydrogens (tertiary/aromatic N) is 2. The van der Waals surface area contributed by atoms with E-state index < -0.39 is 20.9 Å². The Morgan fingerprint density at radius 1 is 1.18 bits per heavy atom. The SMILES string of the molecule is COC(=O)c1cc(NS(=O)(=O)c2ccc(C)cc2)c2cccc([N+](=O)[O-])c2n1. The Morgan fingerprint density at radius 3 is 2.46 bits per heavy atom. The van der Waals surface area contributed by atoms with Crippen LogP contribution in [0.5, 0.6) is 0 Å². The Kier molecular flexibility index (Phi) is 4.97. The number of anilines is 1. The number of sulfonamides is 1. The third-order valence-electron chi connectivity index (χ3n) is 3.99. The fraction of sp³-hybridized carbons (Fsp3) is 0.111. The van der Waals surface area contributed by atoms with Crippen LogP contribution in [0.2, 0.25) is 0 Å². The van der Waals surface area contributed by atoms with Crippen molar-refractivity contribution >= 4 is 38.3 Å². The number of rotatable bonds is 5. The normalized spacial score (nSPS) is 11.2. The molecule has 0 atom stereocenters. The number of para-hydroxylation sites is 1. The Balaban J connectivity index is 2.21. The molecule has 9 nitrogen and oxygen atoms in total. The second kappa shape index (κ2) is 7.24. The number of nitrogens with one attached hydrogen (secondary N) is 1. The van der Waals surface area contributed by atoms with Crippen molar-refractivity contribution in [3.05, 3.63) is 69.9 Å². The average Bonchev–Trinajstić information content (AvgIpc) is 2.66. The molecule has 1 aromatic heterocycles. The Hall–Kier alpha value is -3.53. The van der Waals surface area contributed by atoms with Gasteiger partial charge >= 0.3 is 5.97 Å². The van der Waals surface area contributed by atoms with Crippen LogP contribution in [0.15, 0.2) is 53.4 Å². The van der Waals surface area contributed by atoms with Gasteiger partial charge in [0.1, 0.15) is 0 Å². The van der Waals surface area contributed by atoms with Gasteiger partial charge in [-0.2, -0.15) is 0 Å². The molecule has 0 unspecified atom stereocenters. The van der Waals surface area contributed by atoms with Crippen LogP contribution in [0.25, 0.3) is 10.9 Å². The maximum Gasteiger partial charge on any atom is 0.356 e. The van der Waals surface area contributed by atoms with E-state index in [0.29, 0.717) is 0 Å². The highest BCUT2D eigenvalue weighted by Crippen LogP contribution is 2.31. The summed E-state index contributed by atoms with van der Waals surface area (Å²) in [6.07, 6.45) is 0. The molecule has 0 saturated heterocycles. The molecule has 0 aliphatic carbocycles. The van der Waals surface area contributed by atoms with Gasteiger partial charge in [0.05, 0.1) is 22.6 Å². The van der Waals surface area contributed by atoms with Crippen LogP contribution in [0.1, 0.15) is 16.1 Å². The Labute approximate surface area is 160 Å². The van der Waals surface area contributed by atoms with Crippen LogP contribution in [-0.4, -0.2) is 31.4 Å². The summed E-state index contributed by atoms with van der Waals surface area (Å²) in [4.78, 5) is 26.6. The molecule has 1 N–H and O–H groups in total. The van der Waals surface area contributed by atoms with Gasteiger partial charge in [0.2, 0.25) is 0 Å². The summed E-state index contributed by atoms with van der Waals surface area (Å²) in [7, 11) is -2.87. The van der Waals surface area contributed by atoms with Gasteiger partial charge in [0, 0.05) is 11.5 Å². The van der Waals surface area contributed by atoms with Crippen LogP contribution in [0.4, 0.5) is 11.4 Å². The molecule has 1 heterocycles. The van der Waals surface area contributed by atoms with E-state index >= 15 is 0 Å². The Morgan fingerprint density at radius 2 is 1.86 bits per heavy atom. The van der Waals surface area contributed by atoms with Crippen LogP contribution < -0.4 is 4.72 Å². The third kappa shape index (κ3) is 3.62. The molecule has 0 saturated carbocycles. The molecule has 3 rings (SSSR count). The van der Waals surface area contributed by atoms with Crippen LogP contribution in [0.3, 0.4) is 0 Å². The largest absolute Gasteiger partial charge is 0.464 e. The number of fused-ring (bicyclic) bond motifs is 1. The lowest BCUT2D eigenvalue weighted by Gasteiger charge is -2.12. The first-order chi connectivity index (χ1) is 13.2. The minimum absolute atomic E-state index is 0.00751. The fourth-order valence-electron chi connectivity index (χ4n) is 2.60. The van der Waals surface area contributed by atoms with E-state index in [1.54, 1.807) is 12.1 Å².